The maximum atomic E-state index is 13.1. The number of halogens is 4. The Morgan fingerprint density at radius 2 is 1.94 bits per heavy atom. The van der Waals surface area contributed by atoms with Crippen LogP contribution in [-0.4, -0.2) is 0 Å². The first-order chi connectivity index (χ1) is 8.45. The number of alkyl halides is 3. The van der Waals surface area contributed by atoms with Gasteiger partial charge in [0.15, 0.2) is 0 Å². The van der Waals surface area contributed by atoms with Crippen molar-refractivity contribution >= 4 is 17.0 Å². The van der Waals surface area contributed by atoms with Crippen LogP contribution in [0.3, 0.4) is 0 Å². The molecule has 2 aromatic rings. The summed E-state index contributed by atoms with van der Waals surface area (Å²) in [7, 11) is 0. The fourth-order valence-corrected chi connectivity index (χ4v) is 2.10. The molecule has 1 aromatic heterocycles. The molecule has 0 unspecified atom stereocenters. The molecule has 0 atom stereocenters. The van der Waals surface area contributed by atoms with E-state index in [1.807, 2.05) is 10.8 Å². The zero-order valence-electron chi connectivity index (χ0n) is 9.09. The smallest absolute Gasteiger partial charge is 0.380 e. The van der Waals surface area contributed by atoms with Gasteiger partial charge >= 0.3 is 6.18 Å². The van der Waals surface area contributed by atoms with Gasteiger partial charge in [-0.1, -0.05) is 0 Å². The van der Waals surface area contributed by atoms with Gasteiger partial charge in [-0.05, 0) is 35.2 Å². The SMILES string of the molecule is Fc1cc(CNc2ccsc2)cc(C(F)(F)F)c1. The number of benzene rings is 1. The van der Waals surface area contributed by atoms with E-state index < -0.39 is 17.6 Å². The molecule has 0 spiro atoms. The third-order valence-corrected chi connectivity index (χ3v) is 2.99. The molecule has 0 fully saturated rings. The highest BCUT2D eigenvalue weighted by atomic mass is 32.1. The third kappa shape index (κ3) is 3.22. The van der Waals surface area contributed by atoms with Crippen molar-refractivity contribution in [3.8, 4) is 0 Å². The molecule has 0 saturated carbocycles. The molecule has 0 aliphatic rings. The van der Waals surface area contributed by atoms with E-state index in [-0.39, 0.29) is 12.1 Å². The maximum Gasteiger partial charge on any atom is 0.416 e. The molecular weight excluding hydrogens is 266 g/mol. The molecule has 1 aromatic carbocycles. The van der Waals surface area contributed by atoms with Crippen LogP contribution < -0.4 is 5.32 Å². The molecule has 1 nitrogen and oxygen atoms in total. The second-order valence-corrected chi connectivity index (χ2v) is 4.49. The highest BCUT2D eigenvalue weighted by molar-refractivity contribution is 7.08. The Kier molecular flexibility index (Phi) is 3.56. The zero-order valence-corrected chi connectivity index (χ0v) is 9.91. The van der Waals surface area contributed by atoms with E-state index in [1.165, 1.54) is 11.3 Å². The van der Waals surface area contributed by atoms with Crippen molar-refractivity contribution in [1.29, 1.82) is 0 Å². The van der Waals surface area contributed by atoms with Gasteiger partial charge in [0.2, 0.25) is 0 Å². The van der Waals surface area contributed by atoms with Crippen molar-refractivity contribution < 1.29 is 17.6 Å². The molecule has 0 bridgehead atoms. The van der Waals surface area contributed by atoms with Crippen molar-refractivity contribution in [2.24, 2.45) is 0 Å². The number of thiophene rings is 1. The zero-order chi connectivity index (χ0) is 13.2. The predicted molar refractivity (Wildman–Crippen MR) is 63.0 cm³/mol. The summed E-state index contributed by atoms with van der Waals surface area (Å²) in [6, 6.07) is 4.33. The molecule has 0 radical (unpaired) electrons. The van der Waals surface area contributed by atoms with Gasteiger partial charge in [0.05, 0.1) is 5.56 Å². The van der Waals surface area contributed by atoms with Gasteiger partial charge in [0, 0.05) is 17.6 Å². The Morgan fingerprint density at radius 1 is 1.17 bits per heavy atom. The van der Waals surface area contributed by atoms with Crippen molar-refractivity contribution in [3.05, 3.63) is 52.0 Å². The maximum absolute atomic E-state index is 13.1. The van der Waals surface area contributed by atoms with E-state index in [0.717, 1.165) is 17.8 Å². The number of anilines is 1. The molecule has 0 aliphatic heterocycles. The first-order valence-corrected chi connectivity index (χ1v) is 6.02. The fourth-order valence-electron chi connectivity index (χ4n) is 1.49. The summed E-state index contributed by atoms with van der Waals surface area (Å²) in [4.78, 5) is 0. The standard InChI is InChI=1S/C12H9F4NS/c13-10-4-8(3-9(5-10)12(14,15)16)6-17-11-1-2-18-7-11/h1-5,7,17H,6H2. The molecule has 0 aliphatic carbocycles. The van der Waals surface area contributed by atoms with Gasteiger partial charge in [-0.3, -0.25) is 0 Å². The van der Waals surface area contributed by atoms with Gasteiger partial charge in [-0.25, -0.2) is 4.39 Å². The lowest BCUT2D eigenvalue weighted by molar-refractivity contribution is -0.137. The van der Waals surface area contributed by atoms with Crippen LogP contribution in [0.2, 0.25) is 0 Å². The van der Waals surface area contributed by atoms with Crippen LogP contribution in [0.5, 0.6) is 0 Å². The third-order valence-electron chi connectivity index (χ3n) is 2.30. The molecular formula is C12H9F4NS. The summed E-state index contributed by atoms with van der Waals surface area (Å²) < 4.78 is 50.5. The minimum Gasteiger partial charge on any atom is -0.380 e. The van der Waals surface area contributed by atoms with E-state index in [4.69, 9.17) is 0 Å². The van der Waals surface area contributed by atoms with Crippen LogP contribution in [0.15, 0.2) is 35.0 Å². The molecule has 96 valence electrons. The first-order valence-electron chi connectivity index (χ1n) is 5.08. The minimum absolute atomic E-state index is 0.150. The van der Waals surface area contributed by atoms with Crippen LogP contribution >= 0.6 is 11.3 Å². The quantitative estimate of drug-likeness (QED) is 0.812. The highest BCUT2D eigenvalue weighted by Gasteiger charge is 2.31. The second kappa shape index (κ2) is 4.97. The van der Waals surface area contributed by atoms with Gasteiger partial charge in [0.25, 0.3) is 0 Å². The Morgan fingerprint density at radius 3 is 2.56 bits per heavy atom. The van der Waals surface area contributed by atoms with E-state index >= 15 is 0 Å². The van der Waals surface area contributed by atoms with Gasteiger partial charge in [-0.2, -0.15) is 24.5 Å². The average Bonchev–Trinajstić information content (AvgIpc) is 2.77. The first kappa shape index (κ1) is 12.9. The second-order valence-electron chi connectivity index (χ2n) is 3.71. The highest BCUT2D eigenvalue weighted by Crippen LogP contribution is 2.30. The van der Waals surface area contributed by atoms with Crippen molar-refractivity contribution in [2.75, 3.05) is 5.32 Å². The molecule has 6 heteroatoms. The van der Waals surface area contributed by atoms with Crippen molar-refractivity contribution in [1.82, 2.24) is 0 Å². The number of hydrogen-bond donors (Lipinski definition) is 1. The Labute approximate surface area is 105 Å². The van der Waals surface area contributed by atoms with E-state index in [9.17, 15) is 17.6 Å². The average molecular weight is 275 g/mol. The molecule has 1 N–H and O–H groups in total. The minimum atomic E-state index is -4.53. The van der Waals surface area contributed by atoms with Gasteiger partial charge in [-0.15, -0.1) is 0 Å². The van der Waals surface area contributed by atoms with Crippen LogP contribution in [-0.2, 0) is 12.7 Å². The van der Waals surface area contributed by atoms with E-state index in [1.54, 1.807) is 6.07 Å². The lowest BCUT2D eigenvalue weighted by atomic mass is 10.1. The number of nitrogens with one attached hydrogen (secondary N) is 1. The summed E-state index contributed by atoms with van der Waals surface area (Å²) in [5.41, 5.74) is 0.0935. The molecule has 18 heavy (non-hydrogen) atoms. The number of rotatable bonds is 3. The van der Waals surface area contributed by atoms with Gasteiger partial charge < -0.3 is 5.32 Å². The Bertz CT molecular complexity index is 519. The predicted octanol–water partition coefficient (Wildman–Crippen LogP) is 4.52. The molecule has 1 heterocycles. The summed E-state index contributed by atoms with van der Waals surface area (Å²) in [6.07, 6.45) is -4.53. The van der Waals surface area contributed by atoms with Crippen LogP contribution in [0, 0.1) is 5.82 Å². The summed E-state index contributed by atoms with van der Waals surface area (Å²) >= 11 is 1.47. The van der Waals surface area contributed by atoms with E-state index in [0.29, 0.717) is 6.07 Å². The largest absolute Gasteiger partial charge is 0.416 e. The number of hydrogen-bond acceptors (Lipinski definition) is 2. The Hall–Kier alpha value is -1.56. The van der Waals surface area contributed by atoms with Gasteiger partial charge in [0.1, 0.15) is 5.82 Å². The summed E-state index contributed by atoms with van der Waals surface area (Å²) in [6.45, 7) is 0.150. The van der Waals surface area contributed by atoms with Crippen LogP contribution in [0.25, 0.3) is 0 Å². The normalized spacial score (nSPS) is 11.6. The monoisotopic (exact) mass is 275 g/mol. The topological polar surface area (TPSA) is 12.0 Å². The van der Waals surface area contributed by atoms with E-state index in [2.05, 4.69) is 5.32 Å². The lowest BCUT2D eigenvalue weighted by Gasteiger charge is -2.10. The molecule has 0 saturated heterocycles. The summed E-state index contributed by atoms with van der Waals surface area (Å²) in [5, 5.41) is 6.59. The lowest BCUT2D eigenvalue weighted by Crippen LogP contribution is -2.08. The van der Waals surface area contributed by atoms with Crippen LogP contribution in [0.1, 0.15) is 11.1 Å². The van der Waals surface area contributed by atoms with Crippen LogP contribution in [0.4, 0.5) is 23.2 Å². The van der Waals surface area contributed by atoms with Crippen molar-refractivity contribution in [3.63, 3.8) is 0 Å². The molecule has 0 amide bonds. The Balaban J connectivity index is 2.15. The fraction of sp³-hybridized carbons (Fsp3) is 0.167. The summed E-state index contributed by atoms with van der Waals surface area (Å²) in [5.74, 6) is -0.882. The molecule has 2 rings (SSSR count). The van der Waals surface area contributed by atoms with Crippen molar-refractivity contribution in [2.45, 2.75) is 12.7 Å².